The largest absolute Gasteiger partial charge is 0.497 e. The van der Waals surface area contributed by atoms with Crippen molar-refractivity contribution in [1.29, 1.82) is 0 Å². The number of ether oxygens (including phenoxy) is 1. The maximum atomic E-state index is 5.15. The van der Waals surface area contributed by atoms with Crippen molar-refractivity contribution in [2.75, 3.05) is 7.11 Å². The van der Waals surface area contributed by atoms with Gasteiger partial charge in [0.15, 0.2) is 0 Å². The number of rotatable bonds is 3. The van der Waals surface area contributed by atoms with Gasteiger partial charge in [0, 0.05) is 12.0 Å². The summed E-state index contributed by atoms with van der Waals surface area (Å²) in [6.45, 7) is 0. The van der Waals surface area contributed by atoms with E-state index in [-0.39, 0.29) is 6.04 Å². The molecule has 2 aromatic carbocycles. The van der Waals surface area contributed by atoms with E-state index in [2.05, 4.69) is 28.4 Å². The van der Waals surface area contributed by atoms with E-state index in [0.717, 1.165) is 17.9 Å². The van der Waals surface area contributed by atoms with Crippen molar-refractivity contribution in [2.45, 2.75) is 12.5 Å². The number of fused-ring (bicyclic) bond motifs is 1. The van der Waals surface area contributed by atoms with Gasteiger partial charge >= 0.3 is 0 Å². The highest BCUT2D eigenvalue weighted by Gasteiger charge is 2.19. The van der Waals surface area contributed by atoms with Crippen LogP contribution in [0.5, 0.6) is 5.75 Å². The fourth-order valence-electron chi connectivity index (χ4n) is 2.19. The Kier molecular flexibility index (Phi) is 2.81. The minimum absolute atomic E-state index is 0.148. The van der Waals surface area contributed by atoms with E-state index >= 15 is 0 Å². The van der Waals surface area contributed by atoms with Gasteiger partial charge in [-0.2, -0.15) is 10.2 Å². The standard InChI is InChI=1S/C15H14N2O/c1-18-12-8-6-11(7-9-12)10-15-13-4-2-3-5-14(13)16-17-15/h2-9,15H,10H2,1H3. The Hall–Kier alpha value is -2.16. The molecule has 1 heterocycles. The summed E-state index contributed by atoms with van der Waals surface area (Å²) in [5, 5.41) is 8.55. The fourth-order valence-corrected chi connectivity index (χ4v) is 2.19. The van der Waals surface area contributed by atoms with Crippen LogP contribution in [0.4, 0.5) is 5.69 Å². The van der Waals surface area contributed by atoms with Crippen molar-refractivity contribution in [3.63, 3.8) is 0 Å². The SMILES string of the molecule is COc1ccc(CC2N=Nc3ccccc32)cc1. The summed E-state index contributed by atoms with van der Waals surface area (Å²) < 4.78 is 5.15. The van der Waals surface area contributed by atoms with E-state index < -0.39 is 0 Å². The smallest absolute Gasteiger partial charge is 0.118 e. The van der Waals surface area contributed by atoms with Crippen LogP contribution in [-0.2, 0) is 6.42 Å². The lowest BCUT2D eigenvalue weighted by atomic mass is 9.99. The Morgan fingerprint density at radius 3 is 2.61 bits per heavy atom. The molecule has 2 aromatic rings. The molecule has 0 saturated heterocycles. The molecular weight excluding hydrogens is 224 g/mol. The molecule has 3 heteroatoms. The van der Waals surface area contributed by atoms with Crippen LogP contribution in [0.3, 0.4) is 0 Å². The van der Waals surface area contributed by atoms with Crippen LogP contribution in [0.2, 0.25) is 0 Å². The van der Waals surface area contributed by atoms with Crippen LogP contribution in [0, 0.1) is 0 Å². The van der Waals surface area contributed by atoms with Crippen LogP contribution in [-0.4, -0.2) is 7.11 Å². The minimum atomic E-state index is 0.148. The van der Waals surface area contributed by atoms with Crippen LogP contribution in [0.25, 0.3) is 0 Å². The molecular formula is C15H14N2O. The first-order valence-corrected chi connectivity index (χ1v) is 5.99. The van der Waals surface area contributed by atoms with E-state index in [1.54, 1.807) is 7.11 Å². The van der Waals surface area contributed by atoms with Gasteiger partial charge in [-0.05, 0) is 23.8 Å². The number of methoxy groups -OCH3 is 1. The lowest BCUT2D eigenvalue weighted by Crippen LogP contribution is -1.97. The van der Waals surface area contributed by atoms with Crippen LogP contribution < -0.4 is 4.74 Å². The van der Waals surface area contributed by atoms with E-state index in [0.29, 0.717) is 0 Å². The van der Waals surface area contributed by atoms with Crippen molar-refractivity contribution in [3.8, 4) is 5.75 Å². The Morgan fingerprint density at radius 2 is 1.83 bits per heavy atom. The monoisotopic (exact) mass is 238 g/mol. The molecule has 1 unspecified atom stereocenters. The van der Waals surface area contributed by atoms with E-state index in [1.165, 1.54) is 11.1 Å². The third-order valence-corrected chi connectivity index (χ3v) is 3.19. The summed E-state index contributed by atoms with van der Waals surface area (Å²) in [7, 11) is 1.68. The van der Waals surface area contributed by atoms with E-state index in [4.69, 9.17) is 4.74 Å². The average molecular weight is 238 g/mol. The topological polar surface area (TPSA) is 34.0 Å². The maximum Gasteiger partial charge on any atom is 0.118 e. The second kappa shape index (κ2) is 4.61. The third-order valence-electron chi connectivity index (χ3n) is 3.19. The highest BCUT2D eigenvalue weighted by Crippen LogP contribution is 2.37. The number of nitrogens with zero attached hydrogens (tertiary/aromatic N) is 2. The molecule has 0 bridgehead atoms. The maximum absolute atomic E-state index is 5.15. The first kappa shape index (κ1) is 11.0. The fraction of sp³-hybridized carbons (Fsp3) is 0.200. The van der Waals surface area contributed by atoms with Gasteiger partial charge in [-0.25, -0.2) is 0 Å². The molecule has 0 fully saturated rings. The van der Waals surface area contributed by atoms with Crippen molar-refractivity contribution in [1.82, 2.24) is 0 Å². The van der Waals surface area contributed by atoms with Gasteiger partial charge in [-0.15, -0.1) is 0 Å². The van der Waals surface area contributed by atoms with Gasteiger partial charge in [0.25, 0.3) is 0 Å². The lowest BCUT2D eigenvalue weighted by Gasteiger charge is -2.08. The average Bonchev–Trinajstić information content (AvgIpc) is 2.83. The predicted molar refractivity (Wildman–Crippen MR) is 70.4 cm³/mol. The van der Waals surface area contributed by atoms with Gasteiger partial charge in [-0.1, -0.05) is 30.3 Å². The molecule has 0 aromatic heterocycles. The molecule has 3 rings (SSSR count). The molecule has 0 spiro atoms. The molecule has 0 N–H and O–H groups in total. The van der Waals surface area contributed by atoms with Crippen LogP contribution in [0.15, 0.2) is 58.8 Å². The zero-order chi connectivity index (χ0) is 12.4. The van der Waals surface area contributed by atoms with Gasteiger partial charge < -0.3 is 4.74 Å². The highest BCUT2D eigenvalue weighted by molar-refractivity contribution is 5.50. The second-order valence-electron chi connectivity index (χ2n) is 4.34. The van der Waals surface area contributed by atoms with Gasteiger partial charge in [0.2, 0.25) is 0 Å². The minimum Gasteiger partial charge on any atom is -0.497 e. The zero-order valence-electron chi connectivity index (χ0n) is 10.2. The number of azo groups is 1. The number of hydrogen-bond donors (Lipinski definition) is 0. The number of hydrogen-bond acceptors (Lipinski definition) is 3. The molecule has 90 valence electrons. The van der Waals surface area contributed by atoms with E-state index in [1.807, 2.05) is 30.3 Å². The number of benzene rings is 2. The molecule has 3 nitrogen and oxygen atoms in total. The Bertz CT molecular complexity index is 575. The van der Waals surface area contributed by atoms with E-state index in [9.17, 15) is 0 Å². The van der Waals surface area contributed by atoms with Gasteiger partial charge in [0.1, 0.15) is 11.8 Å². The zero-order valence-corrected chi connectivity index (χ0v) is 10.2. The third kappa shape index (κ3) is 1.99. The molecule has 0 aliphatic carbocycles. The second-order valence-corrected chi connectivity index (χ2v) is 4.34. The molecule has 0 radical (unpaired) electrons. The predicted octanol–water partition coefficient (Wildman–Crippen LogP) is 4.08. The Balaban J connectivity index is 1.80. The molecule has 0 amide bonds. The van der Waals surface area contributed by atoms with Crippen molar-refractivity contribution in [2.24, 2.45) is 10.2 Å². The van der Waals surface area contributed by atoms with Crippen molar-refractivity contribution in [3.05, 3.63) is 59.7 Å². The molecule has 18 heavy (non-hydrogen) atoms. The normalized spacial score (nSPS) is 16.6. The van der Waals surface area contributed by atoms with Crippen molar-refractivity contribution < 1.29 is 4.74 Å². The summed E-state index contributed by atoms with van der Waals surface area (Å²) in [6.07, 6.45) is 0.879. The Labute approximate surface area is 106 Å². The highest BCUT2D eigenvalue weighted by atomic mass is 16.5. The van der Waals surface area contributed by atoms with Gasteiger partial charge in [-0.3, -0.25) is 0 Å². The summed E-state index contributed by atoms with van der Waals surface area (Å²) in [5.41, 5.74) is 3.46. The Morgan fingerprint density at radius 1 is 1.06 bits per heavy atom. The molecule has 1 aliphatic heterocycles. The summed E-state index contributed by atoms with van der Waals surface area (Å²) in [4.78, 5) is 0. The molecule has 1 atom stereocenters. The van der Waals surface area contributed by atoms with Crippen LogP contribution in [0.1, 0.15) is 17.2 Å². The first-order chi connectivity index (χ1) is 8.86. The van der Waals surface area contributed by atoms with Crippen LogP contribution >= 0.6 is 0 Å². The summed E-state index contributed by atoms with van der Waals surface area (Å²) in [5.74, 6) is 0.882. The molecule has 0 saturated carbocycles. The molecule has 1 aliphatic rings. The van der Waals surface area contributed by atoms with Crippen molar-refractivity contribution >= 4 is 5.69 Å². The first-order valence-electron chi connectivity index (χ1n) is 5.99. The quantitative estimate of drug-likeness (QED) is 0.793. The summed E-state index contributed by atoms with van der Waals surface area (Å²) in [6, 6.07) is 16.4. The summed E-state index contributed by atoms with van der Waals surface area (Å²) >= 11 is 0. The van der Waals surface area contributed by atoms with Gasteiger partial charge in [0.05, 0.1) is 12.8 Å². The lowest BCUT2D eigenvalue weighted by molar-refractivity contribution is 0.414.